The predicted octanol–water partition coefficient (Wildman–Crippen LogP) is 3.55. The van der Waals surface area contributed by atoms with Gasteiger partial charge in [0.15, 0.2) is 0 Å². The first kappa shape index (κ1) is 8.13. The summed E-state index contributed by atoms with van der Waals surface area (Å²) < 4.78 is 2.67. The van der Waals surface area contributed by atoms with Gasteiger partial charge in [-0.25, -0.2) is 0 Å². The molecule has 4 aliphatic heterocycles. The van der Waals surface area contributed by atoms with Gasteiger partial charge in [-0.15, -0.1) is 41.9 Å². The van der Waals surface area contributed by atoms with E-state index in [1.165, 1.54) is 19.3 Å². The summed E-state index contributed by atoms with van der Waals surface area (Å²) in [5.41, 5.74) is 0.543. The second-order valence-corrected chi connectivity index (χ2v) is 9.00. The van der Waals surface area contributed by atoms with Gasteiger partial charge in [0, 0.05) is 0 Å². The van der Waals surface area contributed by atoms with Crippen LogP contribution in [0.5, 0.6) is 0 Å². The van der Waals surface area contributed by atoms with Crippen molar-refractivity contribution in [3.8, 4) is 0 Å². The Morgan fingerprint density at radius 2 is 1.42 bits per heavy atom. The first-order valence-corrected chi connectivity index (χ1v) is 7.22. The predicted molar refractivity (Wildman–Crippen MR) is 60.6 cm³/mol. The molecule has 0 unspecified atom stereocenters. The summed E-state index contributed by atoms with van der Waals surface area (Å²) in [4.78, 5) is 0. The van der Waals surface area contributed by atoms with Gasteiger partial charge in [0.25, 0.3) is 0 Å². The highest BCUT2D eigenvalue weighted by atomic mass is 32.3. The average molecular weight is 216 g/mol. The van der Waals surface area contributed by atoms with Gasteiger partial charge in [-0.3, -0.25) is 0 Å². The Hall–Kier alpha value is 0.790. The van der Waals surface area contributed by atoms with Gasteiger partial charge in [0.1, 0.15) is 0 Å². The minimum absolute atomic E-state index is 0.543. The van der Waals surface area contributed by atoms with Crippen LogP contribution in [0.3, 0.4) is 0 Å². The highest BCUT2D eigenvalue weighted by Gasteiger charge is 2.51. The molecule has 0 aromatic carbocycles. The number of allylic oxidation sites excluding steroid dienone is 1. The lowest BCUT2D eigenvalue weighted by molar-refractivity contribution is 0.306. The van der Waals surface area contributed by atoms with Crippen molar-refractivity contribution < 1.29 is 0 Å². The van der Waals surface area contributed by atoms with Crippen LogP contribution in [0, 0.1) is 5.41 Å². The van der Waals surface area contributed by atoms with E-state index in [4.69, 9.17) is 0 Å². The maximum atomic E-state index is 4.02. The Morgan fingerprint density at radius 1 is 1.00 bits per heavy atom. The summed E-state index contributed by atoms with van der Waals surface area (Å²) in [7, 11) is 0. The van der Waals surface area contributed by atoms with E-state index in [0.29, 0.717) is 5.41 Å². The molecule has 0 radical (unpaired) electrons. The molecule has 0 amide bonds. The summed E-state index contributed by atoms with van der Waals surface area (Å²) in [6.45, 7) is 4.02. The van der Waals surface area contributed by atoms with Gasteiger partial charge in [0.2, 0.25) is 0 Å². The van der Waals surface area contributed by atoms with Crippen molar-refractivity contribution in [2.45, 2.75) is 33.0 Å². The molecule has 0 atom stereocenters. The van der Waals surface area contributed by atoms with Crippen molar-refractivity contribution in [3.63, 3.8) is 0 Å². The van der Waals surface area contributed by atoms with Crippen LogP contribution >= 0.6 is 35.3 Å². The molecule has 4 heterocycles. The van der Waals surface area contributed by atoms with Gasteiger partial charge in [-0.2, -0.15) is 0 Å². The van der Waals surface area contributed by atoms with Crippen molar-refractivity contribution in [2.24, 2.45) is 5.41 Å². The Balaban J connectivity index is 1.95. The largest absolute Gasteiger partial charge is 0.133 e. The molecule has 66 valence electrons. The zero-order valence-corrected chi connectivity index (χ0v) is 9.31. The zero-order chi connectivity index (χ0) is 8.18. The molecule has 0 saturated carbocycles. The molecule has 0 aromatic heterocycles. The molecule has 12 heavy (non-hydrogen) atoms. The third kappa shape index (κ3) is 1.09. The van der Waals surface area contributed by atoms with Crippen molar-refractivity contribution in [2.75, 3.05) is 0 Å². The number of hydrogen-bond acceptors (Lipinski definition) is 3. The number of thioether (sulfide) groups is 3. The molecule has 0 N–H and O–H groups in total. The first-order chi connectivity index (χ1) is 5.80. The standard InChI is InChI=1S/C9H12S3/c1-2-9-3-6-10-7(4-9)12-8(5-9)11-6/h2,6-8H,1,3-5H2. The highest BCUT2D eigenvalue weighted by molar-refractivity contribution is 8.33. The monoisotopic (exact) mass is 216 g/mol. The van der Waals surface area contributed by atoms with Gasteiger partial charge in [-0.1, -0.05) is 6.08 Å². The SMILES string of the molecule is C=CC12CC3SC(C1)SC(C2)S3. The van der Waals surface area contributed by atoms with E-state index < -0.39 is 0 Å². The fourth-order valence-electron chi connectivity index (χ4n) is 2.39. The fourth-order valence-corrected chi connectivity index (χ4v) is 9.79. The van der Waals surface area contributed by atoms with Crippen LogP contribution in [0.1, 0.15) is 19.3 Å². The fraction of sp³-hybridized carbons (Fsp3) is 0.778. The van der Waals surface area contributed by atoms with Crippen molar-refractivity contribution in [1.29, 1.82) is 0 Å². The van der Waals surface area contributed by atoms with Crippen LogP contribution in [-0.2, 0) is 0 Å². The van der Waals surface area contributed by atoms with Gasteiger partial charge in [0.05, 0.1) is 13.7 Å². The lowest BCUT2D eigenvalue weighted by Crippen LogP contribution is -2.43. The van der Waals surface area contributed by atoms with E-state index in [0.717, 1.165) is 13.7 Å². The second kappa shape index (κ2) is 2.64. The zero-order valence-electron chi connectivity index (χ0n) is 6.86. The third-order valence-electron chi connectivity index (χ3n) is 3.06. The molecule has 4 saturated heterocycles. The van der Waals surface area contributed by atoms with E-state index in [2.05, 4.69) is 47.9 Å². The smallest absolute Gasteiger partial charge is 0.0533 e. The molecule has 0 spiro atoms. The third-order valence-corrected chi connectivity index (χ3v) is 7.88. The van der Waals surface area contributed by atoms with E-state index in [9.17, 15) is 0 Å². The summed E-state index contributed by atoms with van der Waals surface area (Å²) in [5.74, 6) is 0. The molecule has 4 bridgehead atoms. The van der Waals surface area contributed by atoms with Crippen molar-refractivity contribution in [1.82, 2.24) is 0 Å². The molecular weight excluding hydrogens is 204 g/mol. The second-order valence-electron chi connectivity index (χ2n) is 3.88. The van der Waals surface area contributed by atoms with Gasteiger partial charge >= 0.3 is 0 Å². The number of hydrogen-bond donors (Lipinski definition) is 0. The minimum Gasteiger partial charge on any atom is -0.133 e. The van der Waals surface area contributed by atoms with Gasteiger partial charge < -0.3 is 0 Å². The van der Waals surface area contributed by atoms with Crippen LogP contribution < -0.4 is 0 Å². The number of rotatable bonds is 1. The topological polar surface area (TPSA) is 0 Å². The Labute approximate surface area is 86.3 Å². The van der Waals surface area contributed by atoms with E-state index in [1.54, 1.807) is 0 Å². The molecule has 4 rings (SSSR count). The summed E-state index contributed by atoms with van der Waals surface area (Å²) >= 11 is 6.60. The Bertz CT molecular complexity index is 189. The first-order valence-electron chi connectivity index (χ1n) is 4.40. The van der Waals surface area contributed by atoms with Gasteiger partial charge in [-0.05, 0) is 24.7 Å². The lowest BCUT2D eigenvalue weighted by atomic mass is 9.79. The molecule has 0 nitrogen and oxygen atoms in total. The molecule has 3 heteroatoms. The molecule has 4 fully saturated rings. The Kier molecular flexibility index (Phi) is 1.79. The molecular formula is C9H12S3. The van der Waals surface area contributed by atoms with Crippen molar-refractivity contribution in [3.05, 3.63) is 12.7 Å². The normalized spacial score (nSPS) is 55.8. The van der Waals surface area contributed by atoms with E-state index in [1.807, 2.05) is 0 Å². The minimum atomic E-state index is 0.543. The van der Waals surface area contributed by atoms with Crippen LogP contribution in [0.2, 0.25) is 0 Å². The highest BCUT2D eigenvalue weighted by Crippen LogP contribution is 2.66. The van der Waals surface area contributed by atoms with Crippen LogP contribution in [0.4, 0.5) is 0 Å². The van der Waals surface area contributed by atoms with Crippen LogP contribution in [0.25, 0.3) is 0 Å². The van der Waals surface area contributed by atoms with Crippen LogP contribution in [0.15, 0.2) is 12.7 Å². The maximum Gasteiger partial charge on any atom is 0.0533 e. The average Bonchev–Trinajstić information content (AvgIpc) is 2.02. The molecule has 0 aromatic rings. The quantitative estimate of drug-likeness (QED) is 0.615. The molecule has 0 aliphatic carbocycles. The Morgan fingerprint density at radius 3 is 1.75 bits per heavy atom. The van der Waals surface area contributed by atoms with Crippen LogP contribution in [-0.4, -0.2) is 13.7 Å². The van der Waals surface area contributed by atoms with E-state index >= 15 is 0 Å². The lowest BCUT2D eigenvalue weighted by Gasteiger charge is -2.54. The van der Waals surface area contributed by atoms with E-state index in [-0.39, 0.29) is 0 Å². The maximum absolute atomic E-state index is 4.02. The summed E-state index contributed by atoms with van der Waals surface area (Å²) in [5, 5.41) is 0. The van der Waals surface area contributed by atoms with Crippen molar-refractivity contribution >= 4 is 35.3 Å². The summed E-state index contributed by atoms with van der Waals surface area (Å²) in [6.07, 6.45) is 6.41. The summed E-state index contributed by atoms with van der Waals surface area (Å²) in [6, 6.07) is 0. The molecule has 4 aliphatic rings.